The van der Waals surface area contributed by atoms with Crippen molar-refractivity contribution >= 4 is 21.2 Å². The van der Waals surface area contributed by atoms with Crippen molar-refractivity contribution in [3.63, 3.8) is 0 Å². The highest BCUT2D eigenvalue weighted by atomic mass is 32.2. The Hall–Kier alpha value is -3.50. The van der Waals surface area contributed by atoms with Gasteiger partial charge in [-0.15, -0.1) is 0 Å². The maximum atomic E-state index is 12.5. The molecule has 0 bridgehead atoms. The van der Waals surface area contributed by atoms with Crippen LogP contribution in [0.3, 0.4) is 0 Å². The largest absolute Gasteiger partial charge is 0.336 e. The molecular weight excluding hydrogens is 442 g/mol. The number of nitrogens with one attached hydrogen (secondary N) is 2. The molecule has 2 aromatic carbocycles. The van der Waals surface area contributed by atoms with Crippen molar-refractivity contribution in [2.45, 2.75) is 43.5 Å². The van der Waals surface area contributed by atoms with Gasteiger partial charge in [0.1, 0.15) is 11.3 Å². The molecule has 0 spiro atoms. The summed E-state index contributed by atoms with van der Waals surface area (Å²) in [5.74, 6) is 0.196. The molecule has 0 amide bonds. The Balaban J connectivity index is 1.86. The molecule has 2 aromatic heterocycles. The maximum Gasteiger partial charge on any atom is 0.330 e. The molecule has 2 heterocycles. The number of unbranched alkanes of at least 4 members (excludes halogenated alkanes) is 1. The van der Waals surface area contributed by atoms with Gasteiger partial charge in [-0.1, -0.05) is 55.8 Å². The lowest BCUT2D eigenvalue weighted by Crippen LogP contribution is -2.30. The molecule has 0 aliphatic rings. The summed E-state index contributed by atoms with van der Waals surface area (Å²) in [5.41, 5.74) is 1.37. The van der Waals surface area contributed by atoms with Crippen molar-refractivity contribution in [2.75, 3.05) is 0 Å². The van der Waals surface area contributed by atoms with Crippen LogP contribution >= 0.6 is 0 Å². The fourth-order valence-electron chi connectivity index (χ4n) is 3.86. The Bertz CT molecular complexity index is 1490. The summed E-state index contributed by atoms with van der Waals surface area (Å²) in [4.78, 5) is 35.1. The second-order valence-corrected chi connectivity index (χ2v) is 9.50. The summed E-state index contributed by atoms with van der Waals surface area (Å²) in [6.45, 7) is 2.46. The number of H-pyrrole nitrogens is 2. The normalized spacial score (nSPS) is 12.8. The number of primary sulfonamides is 1. The number of sulfonamides is 1. The average molecular weight is 468 g/mol. The number of nitrogens with zero attached hydrogens (tertiary/aromatic N) is 2. The van der Waals surface area contributed by atoms with Crippen LogP contribution in [0.15, 0.2) is 69.1 Å². The van der Waals surface area contributed by atoms with Gasteiger partial charge in [0.25, 0.3) is 5.56 Å². The third-order valence-electron chi connectivity index (χ3n) is 5.61. The minimum absolute atomic E-state index is 0.0131. The number of imidazole rings is 1. The second-order valence-electron chi connectivity index (χ2n) is 7.94. The van der Waals surface area contributed by atoms with E-state index in [1.54, 1.807) is 12.1 Å². The quantitative estimate of drug-likeness (QED) is 0.364. The summed E-state index contributed by atoms with van der Waals surface area (Å²) < 4.78 is 24.8. The first-order valence-corrected chi connectivity index (χ1v) is 12.2. The maximum absolute atomic E-state index is 12.5. The van der Waals surface area contributed by atoms with Crippen LogP contribution in [0.5, 0.6) is 0 Å². The highest BCUT2D eigenvalue weighted by molar-refractivity contribution is 7.89. The van der Waals surface area contributed by atoms with Gasteiger partial charge in [0.2, 0.25) is 10.0 Å². The van der Waals surface area contributed by atoms with Crippen LogP contribution in [0.4, 0.5) is 0 Å². The van der Waals surface area contributed by atoms with E-state index in [0.29, 0.717) is 24.4 Å². The number of hydrogen-bond donors (Lipinski definition) is 3. The standard InChI is InChI=1S/C23H25N5O4S/c1-2-3-13-28-21-19(22(29)27-23(28)30)25-20(26-21)18(14-15-7-5-4-6-8-15)16-9-11-17(12-10-16)33(24,31)32/h4-12,18H,2-3,13-14H2,1H3,(H,25,26)(H2,24,31,32)(H,27,29,30). The van der Waals surface area contributed by atoms with Crippen molar-refractivity contribution in [1.82, 2.24) is 19.5 Å². The molecule has 0 radical (unpaired) electrons. The zero-order chi connectivity index (χ0) is 23.6. The van der Waals surface area contributed by atoms with Crippen molar-refractivity contribution in [3.05, 3.63) is 92.4 Å². The third kappa shape index (κ3) is 4.81. The lowest BCUT2D eigenvalue weighted by Gasteiger charge is -2.16. The number of aromatic amines is 2. The number of rotatable bonds is 8. The van der Waals surface area contributed by atoms with E-state index >= 15 is 0 Å². The first kappa shape index (κ1) is 22.7. The molecule has 172 valence electrons. The molecule has 0 saturated carbocycles. The number of nitrogens with two attached hydrogens (primary N) is 1. The fourth-order valence-corrected chi connectivity index (χ4v) is 4.37. The summed E-state index contributed by atoms with van der Waals surface area (Å²) in [6.07, 6.45) is 2.20. The Morgan fingerprint density at radius 2 is 1.73 bits per heavy atom. The van der Waals surface area contributed by atoms with Gasteiger partial charge in [0.15, 0.2) is 5.65 Å². The molecule has 4 aromatic rings. The van der Waals surface area contributed by atoms with Crippen molar-refractivity contribution in [1.29, 1.82) is 0 Å². The Kier molecular flexibility index (Phi) is 6.30. The van der Waals surface area contributed by atoms with Crippen LogP contribution in [0.25, 0.3) is 11.2 Å². The van der Waals surface area contributed by atoms with Gasteiger partial charge in [0, 0.05) is 12.5 Å². The number of fused-ring (bicyclic) bond motifs is 1. The van der Waals surface area contributed by atoms with E-state index in [9.17, 15) is 18.0 Å². The third-order valence-corrected chi connectivity index (χ3v) is 6.54. The van der Waals surface area contributed by atoms with Crippen LogP contribution in [0.1, 0.15) is 42.6 Å². The minimum Gasteiger partial charge on any atom is -0.336 e. The molecule has 33 heavy (non-hydrogen) atoms. The zero-order valence-corrected chi connectivity index (χ0v) is 18.9. The fraction of sp³-hybridized carbons (Fsp3) is 0.261. The van der Waals surface area contributed by atoms with E-state index < -0.39 is 21.3 Å². The molecule has 10 heteroatoms. The number of benzene rings is 2. The summed E-state index contributed by atoms with van der Waals surface area (Å²) in [5, 5.41) is 5.24. The lowest BCUT2D eigenvalue weighted by molar-refractivity contribution is 0.597. The van der Waals surface area contributed by atoms with Crippen LogP contribution in [0.2, 0.25) is 0 Å². The van der Waals surface area contributed by atoms with Gasteiger partial charge in [0.05, 0.1) is 4.90 Å². The Morgan fingerprint density at radius 1 is 1.03 bits per heavy atom. The van der Waals surface area contributed by atoms with Gasteiger partial charge in [-0.2, -0.15) is 0 Å². The minimum atomic E-state index is -3.82. The van der Waals surface area contributed by atoms with Crippen LogP contribution < -0.4 is 16.4 Å². The molecule has 1 atom stereocenters. The smallest absolute Gasteiger partial charge is 0.330 e. The van der Waals surface area contributed by atoms with Gasteiger partial charge in [-0.3, -0.25) is 14.3 Å². The molecular formula is C23H25N5O4S. The van der Waals surface area contributed by atoms with Crippen molar-refractivity contribution < 1.29 is 8.42 Å². The number of aryl methyl sites for hydroxylation is 1. The summed E-state index contributed by atoms with van der Waals surface area (Å²) in [6, 6.07) is 16.0. The van der Waals surface area contributed by atoms with E-state index in [-0.39, 0.29) is 16.3 Å². The molecule has 0 fully saturated rings. The van der Waals surface area contributed by atoms with Gasteiger partial charge in [-0.25, -0.2) is 23.3 Å². The van der Waals surface area contributed by atoms with E-state index in [1.165, 1.54) is 16.7 Å². The summed E-state index contributed by atoms with van der Waals surface area (Å²) in [7, 11) is -3.82. The van der Waals surface area contributed by atoms with Gasteiger partial charge >= 0.3 is 5.69 Å². The Morgan fingerprint density at radius 3 is 2.36 bits per heavy atom. The van der Waals surface area contributed by atoms with Gasteiger partial charge in [-0.05, 0) is 36.1 Å². The summed E-state index contributed by atoms with van der Waals surface area (Å²) >= 11 is 0. The first-order valence-electron chi connectivity index (χ1n) is 10.7. The predicted molar refractivity (Wildman–Crippen MR) is 126 cm³/mol. The molecule has 0 aliphatic carbocycles. The van der Waals surface area contributed by atoms with Gasteiger partial charge < -0.3 is 4.98 Å². The molecule has 0 aliphatic heterocycles. The number of aromatic nitrogens is 4. The average Bonchev–Trinajstić information content (AvgIpc) is 3.23. The highest BCUT2D eigenvalue weighted by Crippen LogP contribution is 2.28. The predicted octanol–water partition coefficient (Wildman–Crippen LogP) is 2.24. The first-order chi connectivity index (χ1) is 15.8. The van der Waals surface area contributed by atoms with E-state index in [2.05, 4.69) is 15.0 Å². The second kappa shape index (κ2) is 9.16. The highest BCUT2D eigenvalue weighted by Gasteiger charge is 2.22. The molecule has 9 nitrogen and oxygen atoms in total. The van der Waals surface area contributed by atoms with E-state index in [1.807, 2.05) is 37.3 Å². The molecule has 4 N–H and O–H groups in total. The monoisotopic (exact) mass is 467 g/mol. The van der Waals surface area contributed by atoms with Crippen LogP contribution in [-0.4, -0.2) is 27.9 Å². The molecule has 1 unspecified atom stereocenters. The SMILES string of the molecule is CCCCn1c(=O)[nH]c(=O)c2[nH]c(C(Cc3ccccc3)c3ccc(S(N)(=O)=O)cc3)nc21. The van der Waals surface area contributed by atoms with E-state index in [0.717, 1.165) is 24.0 Å². The topological polar surface area (TPSA) is 144 Å². The van der Waals surface area contributed by atoms with Crippen molar-refractivity contribution in [3.8, 4) is 0 Å². The van der Waals surface area contributed by atoms with Crippen LogP contribution in [-0.2, 0) is 23.0 Å². The molecule has 0 saturated heterocycles. The number of hydrogen-bond acceptors (Lipinski definition) is 5. The van der Waals surface area contributed by atoms with E-state index in [4.69, 9.17) is 5.14 Å². The molecule has 4 rings (SSSR count). The zero-order valence-electron chi connectivity index (χ0n) is 18.1. The van der Waals surface area contributed by atoms with Crippen molar-refractivity contribution in [2.24, 2.45) is 5.14 Å². The Labute approximate surface area is 190 Å². The van der Waals surface area contributed by atoms with Crippen LogP contribution in [0, 0.1) is 0 Å². The lowest BCUT2D eigenvalue weighted by atomic mass is 9.91.